The standard InChI is InChI=1S/C28H37N3O2/c1-2-15-29-18-14-24-12-13-25(20-29)31(24)27(23-6-5-7-26(32)19-23)21-8-10-22(11-9-21)28(33)30-16-3-4-17-30/h2,5-10,19,22,24-25,27,32H,1,3-4,11-18,20H2. The van der Waals surface area contributed by atoms with Crippen LogP contribution in [0, 0.1) is 5.92 Å². The van der Waals surface area contributed by atoms with Crippen LogP contribution in [0.1, 0.15) is 50.1 Å². The number of benzene rings is 1. The highest BCUT2D eigenvalue weighted by molar-refractivity contribution is 5.81. The molecule has 5 nitrogen and oxygen atoms in total. The molecule has 2 bridgehead atoms. The molecule has 4 unspecified atom stereocenters. The fourth-order valence-electron chi connectivity index (χ4n) is 6.38. The Kier molecular flexibility index (Phi) is 6.70. The van der Waals surface area contributed by atoms with Gasteiger partial charge in [-0.05, 0) is 61.8 Å². The van der Waals surface area contributed by atoms with E-state index in [4.69, 9.17) is 0 Å². The van der Waals surface area contributed by atoms with Crippen molar-refractivity contribution in [3.05, 3.63) is 66.3 Å². The summed E-state index contributed by atoms with van der Waals surface area (Å²) in [6.45, 7) is 8.87. The summed E-state index contributed by atoms with van der Waals surface area (Å²) < 4.78 is 0. The first-order valence-electron chi connectivity index (χ1n) is 12.7. The molecule has 176 valence electrons. The highest BCUT2D eigenvalue weighted by Gasteiger charge is 2.42. The predicted octanol–water partition coefficient (Wildman–Crippen LogP) is 4.28. The maximum Gasteiger partial charge on any atom is 0.229 e. The van der Waals surface area contributed by atoms with Crippen molar-refractivity contribution in [1.82, 2.24) is 14.7 Å². The number of likely N-dealkylation sites (tertiary alicyclic amines) is 2. The minimum atomic E-state index is -0.0411. The van der Waals surface area contributed by atoms with Gasteiger partial charge in [-0.2, -0.15) is 0 Å². The van der Waals surface area contributed by atoms with Crippen molar-refractivity contribution in [3.63, 3.8) is 0 Å². The minimum Gasteiger partial charge on any atom is -0.508 e. The normalized spacial score (nSPS) is 29.0. The van der Waals surface area contributed by atoms with Crippen LogP contribution in [-0.2, 0) is 4.79 Å². The van der Waals surface area contributed by atoms with E-state index < -0.39 is 0 Å². The Labute approximate surface area is 198 Å². The lowest BCUT2D eigenvalue weighted by molar-refractivity contribution is -0.132. The maximum absolute atomic E-state index is 12.9. The van der Waals surface area contributed by atoms with Gasteiger partial charge in [0.25, 0.3) is 0 Å². The molecule has 0 radical (unpaired) electrons. The smallest absolute Gasteiger partial charge is 0.229 e. The monoisotopic (exact) mass is 447 g/mol. The summed E-state index contributed by atoms with van der Waals surface area (Å²) in [7, 11) is 0. The number of fused-ring (bicyclic) bond motifs is 2. The third-order valence-corrected chi connectivity index (χ3v) is 7.97. The molecule has 1 amide bonds. The number of phenolic OH excluding ortho intramolecular Hbond substituents is 1. The molecule has 0 spiro atoms. The van der Waals surface area contributed by atoms with Crippen molar-refractivity contribution in [2.24, 2.45) is 5.92 Å². The number of carbonyl (C=O) groups is 1. The predicted molar refractivity (Wildman–Crippen MR) is 132 cm³/mol. The Morgan fingerprint density at radius 2 is 1.97 bits per heavy atom. The third-order valence-electron chi connectivity index (χ3n) is 7.97. The second kappa shape index (κ2) is 9.86. The summed E-state index contributed by atoms with van der Waals surface area (Å²) in [6, 6.07) is 8.91. The van der Waals surface area contributed by atoms with Crippen molar-refractivity contribution in [1.29, 1.82) is 0 Å². The molecule has 33 heavy (non-hydrogen) atoms. The van der Waals surface area contributed by atoms with E-state index >= 15 is 0 Å². The van der Waals surface area contributed by atoms with Gasteiger partial charge in [0.1, 0.15) is 5.75 Å². The molecule has 1 N–H and O–H groups in total. The fraction of sp³-hybridized carbons (Fsp3) is 0.536. The van der Waals surface area contributed by atoms with E-state index in [0.717, 1.165) is 64.0 Å². The van der Waals surface area contributed by atoms with Gasteiger partial charge >= 0.3 is 0 Å². The zero-order valence-corrected chi connectivity index (χ0v) is 19.6. The Morgan fingerprint density at radius 3 is 2.70 bits per heavy atom. The molecule has 4 aliphatic rings. The number of carbonyl (C=O) groups excluding carboxylic acids is 1. The van der Waals surface area contributed by atoms with Crippen LogP contribution in [0.25, 0.3) is 0 Å². The lowest BCUT2D eigenvalue weighted by Gasteiger charge is -2.38. The van der Waals surface area contributed by atoms with Gasteiger partial charge in [-0.25, -0.2) is 0 Å². The summed E-state index contributed by atoms with van der Waals surface area (Å²) in [5.74, 6) is 0.555. The molecule has 1 aromatic carbocycles. The summed E-state index contributed by atoms with van der Waals surface area (Å²) in [5, 5.41) is 10.3. The topological polar surface area (TPSA) is 47.0 Å². The maximum atomic E-state index is 12.9. The summed E-state index contributed by atoms with van der Waals surface area (Å²) >= 11 is 0. The first-order valence-corrected chi connectivity index (χ1v) is 12.7. The summed E-state index contributed by atoms with van der Waals surface area (Å²) in [4.78, 5) is 20.2. The lowest BCUT2D eigenvalue weighted by Crippen LogP contribution is -2.42. The molecule has 3 saturated heterocycles. The average molecular weight is 448 g/mol. The molecule has 5 rings (SSSR count). The number of amides is 1. The molecular formula is C28H37N3O2. The number of rotatable bonds is 6. The van der Waals surface area contributed by atoms with Gasteiger partial charge in [0, 0.05) is 44.8 Å². The van der Waals surface area contributed by atoms with Gasteiger partial charge in [-0.3, -0.25) is 14.6 Å². The van der Waals surface area contributed by atoms with Crippen LogP contribution < -0.4 is 0 Å². The van der Waals surface area contributed by atoms with E-state index in [1.807, 2.05) is 23.1 Å². The van der Waals surface area contributed by atoms with Crippen molar-refractivity contribution < 1.29 is 9.90 Å². The van der Waals surface area contributed by atoms with Gasteiger partial charge in [0.15, 0.2) is 0 Å². The van der Waals surface area contributed by atoms with E-state index in [-0.39, 0.29) is 17.9 Å². The number of aromatic hydroxyl groups is 1. The second-order valence-electron chi connectivity index (χ2n) is 10.1. The number of phenols is 1. The third kappa shape index (κ3) is 4.67. The molecule has 1 aromatic rings. The van der Waals surface area contributed by atoms with Crippen molar-refractivity contribution in [3.8, 4) is 5.75 Å². The first kappa shape index (κ1) is 22.4. The SMILES string of the molecule is C=CCN1CCC2CCC(C1)N2C(C1=CCC(C(=O)N2CCCC2)C=C1)c1cccc(O)c1. The quantitative estimate of drug-likeness (QED) is 0.661. The summed E-state index contributed by atoms with van der Waals surface area (Å²) in [5.41, 5.74) is 2.41. The fourth-order valence-corrected chi connectivity index (χ4v) is 6.38. The van der Waals surface area contributed by atoms with Crippen LogP contribution in [0.3, 0.4) is 0 Å². The van der Waals surface area contributed by atoms with Gasteiger partial charge < -0.3 is 10.0 Å². The van der Waals surface area contributed by atoms with Crippen molar-refractivity contribution >= 4 is 5.91 Å². The molecule has 3 heterocycles. The van der Waals surface area contributed by atoms with Crippen molar-refractivity contribution in [2.45, 2.75) is 56.7 Å². The molecule has 5 heteroatoms. The lowest BCUT2D eigenvalue weighted by atomic mass is 9.87. The minimum absolute atomic E-state index is 0.0411. The van der Waals surface area contributed by atoms with E-state index in [2.05, 4.69) is 40.7 Å². The van der Waals surface area contributed by atoms with Crippen LogP contribution >= 0.6 is 0 Å². The van der Waals surface area contributed by atoms with Gasteiger partial charge in [-0.1, -0.05) is 36.4 Å². The van der Waals surface area contributed by atoms with Crippen LogP contribution in [0.2, 0.25) is 0 Å². The van der Waals surface area contributed by atoms with Gasteiger partial charge in [0.05, 0.1) is 12.0 Å². The van der Waals surface area contributed by atoms with E-state index in [0.29, 0.717) is 17.8 Å². The molecule has 1 aliphatic carbocycles. The number of hydrogen-bond donors (Lipinski definition) is 1. The van der Waals surface area contributed by atoms with E-state index in [1.54, 1.807) is 6.07 Å². The zero-order valence-electron chi connectivity index (χ0n) is 19.6. The Hall–Kier alpha value is -2.37. The van der Waals surface area contributed by atoms with Crippen LogP contribution in [-0.4, -0.2) is 70.5 Å². The highest BCUT2D eigenvalue weighted by atomic mass is 16.3. The van der Waals surface area contributed by atoms with Gasteiger partial charge in [0.2, 0.25) is 5.91 Å². The summed E-state index contributed by atoms with van der Waals surface area (Å²) in [6.07, 6.45) is 15.3. The van der Waals surface area contributed by atoms with E-state index in [1.165, 1.54) is 18.4 Å². The van der Waals surface area contributed by atoms with E-state index in [9.17, 15) is 9.90 Å². The molecular weight excluding hydrogens is 410 g/mol. The Bertz CT molecular complexity index is 933. The zero-order chi connectivity index (χ0) is 22.8. The number of nitrogens with zero attached hydrogens (tertiary/aromatic N) is 3. The largest absolute Gasteiger partial charge is 0.508 e. The molecule has 4 atom stereocenters. The average Bonchev–Trinajstić information content (AvgIpc) is 3.45. The van der Waals surface area contributed by atoms with Crippen LogP contribution in [0.5, 0.6) is 5.75 Å². The Balaban J connectivity index is 1.42. The highest BCUT2D eigenvalue weighted by Crippen LogP contribution is 2.43. The molecule has 0 aromatic heterocycles. The van der Waals surface area contributed by atoms with Crippen LogP contribution in [0.4, 0.5) is 0 Å². The van der Waals surface area contributed by atoms with Crippen molar-refractivity contribution in [2.75, 3.05) is 32.7 Å². The first-order chi connectivity index (χ1) is 16.1. The van der Waals surface area contributed by atoms with Crippen LogP contribution in [0.15, 0.2) is 60.7 Å². The molecule has 0 saturated carbocycles. The molecule has 3 aliphatic heterocycles. The Morgan fingerprint density at radius 1 is 1.15 bits per heavy atom. The number of hydrogen-bond acceptors (Lipinski definition) is 4. The second-order valence-corrected chi connectivity index (χ2v) is 10.1. The molecule has 3 fully saturated rings. The van der Waals surface area contributed by atoms with Gasteiger partial charge in [-0.15, -0.1) is 6.58 Å². The number of allylic oxidation sites excluding steroid dienone is 1.